The minimum atomic E-state index is -2.09. The molecule has 10 saturated carbocycles. The van der Waals surface area contributed by atoms with Crippen molar-refractivity contribution in [2.75, 3.05) is 0 Å². The summed E-state index contributed by atoms with van der Waals surface area (Å²) < 4.78 is 65.7. The van der Waals surface area contributed by atoms with Gasteiger partial charge in [-0.25, -0.2) is 22.0 Å². The molecule has 17 unspecified atom stereocenters. The number of hydrogen-bond acceptors (Lipinski definition) is 0. The molecule has 19 rings (SSSR count). The van der Waals surface area contributed by atoms with E-state index in [1.165, 1.54) is 223 Å². The van der Waals surface area contributed by atoms with E-state index < -0.39 is 145 Å². The number of allylic oxidation sites excluding steroid dienone is 26. The van der Waals surface area contributed by atoms with Crippen molar-refractivity contribution in [2.45, 2.75) is 312 Å². The Bertz CT molecular complexity index is 4040. The Hall–Kier alpha value is 0.986. The van der Waals surface area contributed by atoms with Crippen molar-refractivity contribution in [3.8, 4) is 0 Å². The van der Waals surface area contributed by atoms with Crippen LogP contribution in [0, 0.1) is 226 Å². The minimum absolute atomic E-state index is 0. The predicted molar refractivity (Wildman–Crippen MR) is 626 cm³/mol. The molecule has 145 heavy (non-hydrogen) atoms. The SMILES string of the molecule is C1=CC2CCC(Cc3ccccc3)C2C=C1.C1=CC2CCC(c3ccccc3)C2C=C1.C1=CC2CCCC2C=C1.C1CCCC1.C1CCCC1.C=CCC1CCC2C=CC=CC21.C=CCC[C@](C)(C1CCCC1)C1C2C=C(C(C)(C)C)C=CC2C2C=CC(C(C)(C)C)=CC21.CC1CCC(c2c(F)c(F)c(F)c(F)c2F)C1.CCCCC1CCCC1.[CH3-].[CH3-].[CH3-].[CH3-].[CH3-].[CH3-].[CH3-].[CH3-].[CH3-].[CH3-].[Cl][Zr+2][Cl].[Cl][Zr+2][Cl].[Cl][Zr+2][Cl].[Cl][Zr+2][Cl].[Cl][Zr+2][Cl]. The summed E-state index contributed by atoms with van der Waals surface area (Å²) in [5.74, 6) is 4.89. The predicted octanol–water partition coefficient (Wildman–Crippen LogP) is 46.0. The van der Waals surface area contributed by atoms with Crippen molar-refractivity contribution in [3.63, 3.8) is 0 Å². The van der Waals surface area contributed by atoms with Crippen LogP contribution >= 0.6 is 85.1 Å². The summed E-state index contributed by atoms with van der Waals surface area (Å²) in [5.41, 5.74) is 6.27. The first-order valence-electron chi connectivity index (χ1n) is 51.0. The molecule has 10 fully saturated rings. The fourth-order valence-electron chi connectivity index (χ4n) is 24.4. The molecule has 20 heteroatoms. The monoisotopic (exact) mass is 2580 g/mol. The van der Waals surface area contributed by atoms with Gasteiger partial charge >= 0.3 is 189 Å². The van der Waals surface area contributed by atoms with Crippen molar-refractivity contribution < 1.29 is 126 Å². The van der Waals surface area contributed by atoms with E-state index in [1.54, 1.807) is 11.1 Å². The first-order chi connectivity index (χ1) is 65.2. The van der Waals surface area contributed by atoms with Gasteiger partial charge in [0, 0.05) is 5.56 Å². The molecule has 0 heterocycles. The number of hydrogen-bond donors (Lipinski definition) is 0. The average Bonchev–Trinajstić information content (AvgIpc) is 1.55. The van der Waals surface area contributed by atoms with E-state index >= 15 is 0 Å². The summed E-state index contributed by atoms with van der Waals surface area (Å²) in [5, 5.41) is 0. The summed E-state index contributed by atoms with van der Waals surface area (Å²) in [6.07, 6.45) is 107. The van der Waals surface area contributed by atoms with Crippen LogP contribution in [0.15, 0.2) is 231 Å². The van der Waals surface area contributed by atoms with Gasteiger partial charge in [0.1, 0.15) is 0 Å². The van der Waals surface area contributed by atoms with Crippen molar-refractivity contribution >= 4 is 85.1 Å². The zero-order valence-corrected chi connectivity index (χ0v) is 112. The van der Waals surface area contributed by atoms with Gasteiger partial charge < -0.3 is 74.3 Å². The molecule has 0 nitrogen and oxygen atoms in total. The van der Waals surface area contributed by atoms with Gasteiger partial charge in [-0.15, -0.1) is 13.2 Å². The van der Waals surface area contributed by atoms with Gasteiger partial charge in [0.05, 0.1) is 0 Å². The molecular weight excluding hydrogens is 2410 g/mol. The third-order valence-corrected chi connectivity index (χ3v) is 31.3. The zero-order valence-electron chi connectivity index (χ0n) is 92.4. The summed E-state index contributed by atoms with van der Waals surface area (Å²) >= 11 is -4.13. The second-order valence-electron chi connectivity index (χ2n) is 41.9. The van der Waals surface area contributed by atoms with Gasteiger partial charge in [-0.2, -0.15) is 0 Å². The molecule has 0 amide bonds. The Balaban J connectivity index is -0.000000513. The van der Waals surface area contributed by atoms with Crippen LogP contribution in [0.3, 0.4) is 0 Å². The molecule has 3 aromatic rings. The summed E-state index contributed by atoms with van der Waals surface area (Å²) in [6, 6.07) is 21.9. The zero-order chi connectivity index (χ0) is 98.6. The van der Waals surface area contributed by atoms with E-state index in [0.29, 0.717) is 47.8 Å². The molecule has 0 radical (unpaired) electrons. The van der Waals surface area contributed by atoms with E-state index in [-0.39, 0.29) is 91.0 Å². The number of fused-ring (bicyclic) bond motifs is 7. The van der Waals surface area contributed by atoms with Crippen LogP contribution in [-0.2, 0) is 111 Å². The molecule has 0 spiro atoms. The molecule has 0 aromatic heterocycles. The van der Waals surface area contributed by atoms with Gasteiger partial charge in [-0.3, -0.25) is 0 Å². The molecule has 814 valence electrons. The van der Waals surface area contributed by atoms with Crippen molar-refractivity contribution in [3.05, 3.63) is 351 Å². The Kier molecular flexibility index (Phi) is 93.5. The molecule has 0 saturated heterocycles. The Morgan fingerprint density at radius 2 is 0.731 bits per heavy atom. The van der Waals surface area contributed by atoms with Crippen molar-refractivity contribution in [1.29, 1.82) is 0 Å². The molecular formula is C125H189Cl10F5Zr5. The number of halogens is 15. The van der Waals surface area contributed by atoms with Gasteiger partial charge in [0.2, 0.25) is 5.82 Å². The standard InChI is InChI=1S/C32H48.C16H18.C15H16.C12H11F5.C12H16.C9H12.C9H18.2C5H10.10CH3.10ClH.5Zr/c1-9-10-19-32(8,22-13-11-12-14-22)29-27-20-23(30(2,3)4)15-17-25(27)26-18-16-24(21-28(26)29)31(5,6)7;1-2-6-13(7-3-1)12-15-11-10-14-8-4-5-9-16(14)15;1-2-6-12(7-3-1)15-11-10-13-8-4-5-9-14(13)15;1-5-2-3-6(4-5)7-8(13)10(15)12(17)11(16)9(7)14;1-2-5-10-8-9-11-6-3-4-7-12(10)11;1-2-5-9-7-3-6-8(9)4-1;1-2-3-6-9-7-4-5-8-9;2*1-2-4-5-3-1;;;;;;;;;;;;;;;;;;;;;;;;;/h9,15-18,20-22,25-29H,1,10-14,19H2,2-8H3;1-9,14-16H,10-12H2;1-9,13-15H,10-11H2;5-6H,2-4H2,1H3;2-4,6-7,10-12H,1,5,8-9H2;1-2,4-5,8-9H,3,6-7H2;9H,2-8H2,1H3;2*1-5H2;10*1H3;10*1H;;;;;/q;;;;;;;;;10*-1;;;;;;;;;;;5*+4/p-10/t25?,26?,27?,28?,29?,32-;;;;;;;;;;;;;;;;;;;;;;;;;;;;;;;;;/m1................................./s1. The third-order valence-electron chi connectivity index (χ3n) is 31.3. The Morgan fingerprint density at radius 3 is 1.12 bits per heavy atom. The van der Waals surface area contributed by atoms with Gasteiger partial charge in [-0.05, 0) is 260 Å². The van der Waals surface area contributed by atoms with Gasteiger partial charge in [0.25, 0.3) is 0 Å². The van der Waals surface area contributed by atoms with Crippen LogP contribution in [0.4, 0.5) is 22.0 Å². The molecule has 0 N–H and O–H groups in total. The molecule has 16 aliphatic rings. The van der Waals surface area contributed by atoms with E-state index in [4.69, 9.17) is 85.1 Å². The number of benzene rings is 3. The molecule has 16 aliphatic carbocycles. The first kappa shape index (κ1) is 154. The molecule has 3 aromatic carbocycles. The maximum atomic E-state index is 13.5. The van der Waals surface area contributed by atoms with Crippen LogP contribution in [0.5, 0.6) is 0 Å². The quantitative estimate of drug-likeness (QED) is 0.0496. The van der Waals surface area contributed by atoms with Gasteiger partial charge in [-0.1, -0.05) is 404 Å². The third kappa shape index (κ3) is 52.8. The number of unbranched alkanes of at least 4 members (excludes halogenated alkanes) is 1. The van der Waals surface area contributed by atoms with E-state index in [1.807, 2.05) is 6.92 Å². The van der Waals surface area contributed by atoms with E-state index in [0.717, 1.165) is 89.8 Å². The second kappa shape index (κ2) is 87.8. The Morgan fingerprint density at radius 1 is 0.366 bits per heavy atom. The number of rotatable bonds is 14. The fourth-order valence-corrected chi connectivity index (χ4v) is 24.4. The fraction of sp³-hybridized carbons (Fsp3) is 0.552. The molecule has 0 bridgehead atoms. The molecule has 18 atom stereocenters. The summed E-state index contributed by atoms with van der Waals surface area (Å²) in [6.45, 7) is 29.1. The van der Waals surface area contributed by atoms with Gasteiger partial charge in [0.15, 0.2) is 23.3 Å². The van der Waals surface area contributed by atoms with Crippen molar-refractivity contribution in [2.24, 2.45) is 123 Å². The normalized spacial score (nSPS) is 26.3. The summed E-state index contributed by atoms with van der Waals surface area (Å²) in [4.78, 5) is 0. The molecule has 0 aliphatic heterocycles. The topological polar surface area (TPSA) is 0 Å². The van der Waals surface area contributed by atoms with E-state index in [2.05, 4.69) is 275 Å². The average molecular weight is 2600 g/mol. The van der Waals surface area contributed by atoms with Crippen LogP contribution in [0.1, 0.15) is 322 Å². The van der Waals surface area contributed by atoms with Crippen LogP contribution < -0.4 is 0 Å². The van der Waals surface area contributed by atoms with Crippen molar-refractivity contribution in [1.82, 2.24) is 0 Å². The van der Waals surface area contributed by atoms with Crippen LogP contribution in [-0.4, -0.2) is 0 Å². The van der Waals surface area contributed by atoms with E-state index in [9.17, 15) is 22.0 Å². The second-order valence-corrected chi connectivity index (χ2v) is 60.6. The van der Waals surface area contributed by atoms with Crippen LogP contribution in [0.25, 0.3) is 0 Å². The Labute approximate surface area is 984 Å². The van der Waals surface area contributed by atoms with Crippen LogP contribution in [0.2, 0.25) is 0 Å². The maximum absolute atomic E-state index is 13.5. The first-order valence-corrected chi connectivity index (χ1v) is 82.7. The summed E-state index contributed by atoms with van der Waals surface area (Å²) in [7, 11) is 49.3.